The first kappa shape index (κ1) is 14.6. The van der Waals surface area contributed by atoms with Crippen LogP contribution in [0.1, 0.15) is 21.7 Å². The van der Waals surface area contributed by atoms with Crippen molar-refractivity contribution in [1.82, 2.24) is 9.55 Å². The van der Waals surface area contributed by atoms with Crippen LogP contribution in [0.15, 0.2) is 67.0 Å². The molecule has 0 atom stereocenters. The molecule has 4 nitrogen and oxygen atoms in total. The quantitative estimate of drug-likeness (QED) is 0.739. The Kier molecular flexibility index (Phi) is 4.21. The summed E-state index contributed by atoms with van der Waals surface area (Å²) < 4.78 is 1.78. The highest BCUT2D eigenvalue weighted by atomic mass is 16.1. The highest BCUT2D eigenvalue weighted by Crippen LogP contribution is 2.12. The number of nitrogens with one attached hydrogen (secondary N) is 1. The molecule has 0 aliphatic carbocycles. The van der Waals surface area contributed by atoms with Gasteiger partial charge in [-0.2, -0.15) is 0 Å². The number of nitrogens with zero attached hydrogens (tertiary/aromatic N) is 2. The molecule has 2 aromatic heterocycles. The van der Waals surface area contributed by atoms with Crippen LogP contribution in [0.5, 0.6) is 0 Å². The zero-order valence-electron chi connectivity index (χ0n) is 12.7. The van der Waals surface area contributed by atoms with Gasteiger partial charge in [0, 0.05) is 30.7 Å². The fourth-order valence-electron chi connectivity index (χ4n) is 2.14. The van der Waals surface area contributed by atoms with E-state index in [1.165, 1.54) is 0 Å². The van der Waals surface area contributed by atoms with Gasteiger partial charge in [0.2, 0.25) is 0 Å². The molecule has 112 valence electrons. The van der Waals surface area contributed by atoms with Gasteiger partial charge in [0.05, 0.1) is 0 Å². The summed E-state index contributed by atoms with van der Waals surface area (Å²) in [6.45, 7) is 0. The minimum Gasteiger partial charge on any atom is -0.347 e. The second-order valence-electron chi connectivity index (χ2n) is 5.00. The summed E-state index contributed by atoms with van der Waals surface area (Å²) in [7, 11) is 1.84. The zero-order chi connectivity index (χ0) is 16.1. The highest BCUT2D eigenvalue weighted by Gasteiger charge is 2.08. The summed E-state index contributed by atoms with van der Waals surface area (Å²) >= 11 is 0. The van der Waals surface area contributed by atoms with Gasteiger partial charge >= 0.3 is 0 Å². The van der Waals surface area contributed by atoms with Crippen molar-refractivity contribution < 1.29 is 4.79 Å². The van der Waals surface area contributed by atoms with Crippen LogP contribution in [0.2, 0.25) is 0 Å². The molecule has 2 heterocycles. The van der Waals surface area contributed by atoms with Crippen LogP contribution < -0.4 is 5.32 Å². The first-order valence-corrected chi connectivity index (χ1v) is 7.18. The lowest BCUT2D eigenvalue weighted by atomic mass is 10.2. The molecule has 0 spiro atoms. The number of aromatic nitrogens is 2. The Morgan fingerprint density at radius 3 is 2.74 bits per heavy atom. The van der Waals surface area contributed by atoms with Crippen molar-refractivity contribution in [2.75, 3.05) is 5.32 Å². The Morgan fingerprint density at radius 1 is 1.09 bits per heavy atom. The maximum Gasteiger partial charge on any atom is 0.272 e. The number of anilines is 1. The van der Waals surface area contributed by atoms with Crippen molar-refractivity contribution in [2.45, 2.75) is 0 Å². The van der Waals surface area contributed by atoms with E-state index in [2.05, 4.69) is 22.1 Å². The lowest BCUT2D eigenvalue weighted by Gasteiger charge is -2.06. The summed E-state index contributed by atoms with van der Waals surface area (Å²) in [4.78, 5) is 16.4. The lowest BCUT2D eigenvalue weighted by molar-refractivity contribution is 0.101. The number of pyridine rings is 1. The van der Waals surface area contributed by atoms with Gasteiger partial charge < -0.3 is 9.88 Å². The first-order chi connectivity index (χ1) is 11.2. The normalized spacial score (nSPS) is 9.78. The minimum atomic E-state index is -0.146. The number of carbonyl (C=O) groups excluding carboxylic acids is 1. The molecule has 1 N–H and O–H groups in total. The lowest BCUT2D eigenvalue weighted by Crippen LogP contribution is -2.15. The van der Waals surface area contributed by atoms with Gasteiger partial charge in [-0.3, -0.25) is 4.79 Å². The number of hydrogen-bond donors (Lipinski definition) is 1. The van der Waals surface area contributed by atoms with Crippen molar-refractivity contribution in [2.24, 2.45) is 7.05 Å². The van der Waals surface area contributed by atoms with Gasteiger partial charge in [-0.1, -0.05) is 18.1 Å². The number of benzene rings is 1. The van der Waals surface area contributed by atoms with Crippen LogP contribution in [0.3, 0.4) is 0 Å². The highest BCUT2D eigenvalue weighted by molar-refractivity contribution is 6.03. The third kappa shape index (κ3) is 3.66. The fourth-order valence-corrected chi connectivity index (χ4v) is 2.14. The van der Waals surface area contributed by atoms with E-state index < -0.39 is 0 Å². The predicted octanol–water partition coefficient (Wildman–Crippen LogP) is 3.07. The van der Waals surface area contributed by atoms with E-state index in [-0.39, 0.29) is 5.91 Å². The molecular formula is C19H15N3O. The van der Waals surface area contributed by atoms with Crippen molar-refractivity contribution in [1.29, 1.82) is 0 Å². The third-order valence-electron chi connectivity index (χ3n) is 3.30. The van der Waals surface area contributed by atoms with E-state index in [9.17, 15) is 4.79 Å². The van der Waals surface area contributed by atoms with Gasteiger partial charge in [0.25, 0.3) is 5.91 Å². The summed E-state index contributed by atoms with van der Waals surface area (Å²) in [5, 5.41) is 2.88. The minimum absolute atomic E-state index is 0.146. The molecule has 0 saturated carbocycles. The molecule has 0 bridgehead atoms. The molecule has 3 rings (SSSR count). The average Bonchev–Trinajstić information content (AvgIpc) is 3.00. The molecule has 0 aliphatic rings. The van der Waals surface area contributed by atoms with Crippen LogP contribution in [0, 0.1) is 11.8 Å². The van der Waals surface area contributed by atoms with Gasteiger partial charge in [0.1, 0.15) is 11.4 Å². The maximum atomic E-state index is 12.2. The van der Waals surface area contributed by atoms with Crippen LogP contribution in [-0.2, 0) is 7.05 Å². The van der Waals surface area contributed by atoms with Crippen LogP contribution in [0.4, 0.5) is 5.69 Å². The molecule has 23 heavy (non-hydrogen) atoms. The monoisotopic (exact) mass is 301 g/mol. The Morgan fingerprint density at radius 2 is 2.00 bits per heavy atom. The van der Waals surface area contributed by atoms with E-state index in [4.69, 9.17) is 0 Å². The third-order valence-corrected chi connectivity index (χ3v) is 3.30. The van der Waals surface area contributed by atoms with E-state index in [0.717, 1.165) is 5.56 Å². The van der Waals surface area contributed by atoms with Crippen molar-refractivity contribution in [3.05, 3.63) is 83.9 Å². The van der Waals surface area contributed by atoms with Crippen LogP contribution in [-0.4, -0.2) is 15.5 Å². The SMILES string of the molecule is Cn1cccc1C(=O)Nc1cccc(C#Cc2ccccn2)c1. The Hall–Kier alpha value is -3.32. The Bertz CT molecular complexity index is 885. The topological polar surface area (TPSA) is 46.9 Å². The van der Waals surface area contributed by atoms with E-state index in [1.807, 2.05) is 61.8 Å². The number of hydrogen-bond acceptors (Lipinski definition) is 2. The molecule has 0 radical (unpaired) electrons. The van der Waals surface area contributed by atoms with Crippen LogP contribution >= 0.6 is 0 Å². The summed E-state index contributed by atoms with van der Waals surface area (Å²) in [6.07, 6.45) is 3.55. The molecule has 1 aromatic carbocycles. The number of aryl methyl sites for hydroxylation is 1. The number of carbonyl (C=O) groups is 1. The van der Waals surface area contributed by atoms with E-state index >= 15 is 0 Å². The predicted molar refractivity (Wildman–Crippen MR) is 90.0 cm³/mol. The van der Waals surface area contributed by atoms with Gasteiger partial charge in [0.15, 0.2) is 0 Å². The summed E-state index contributed by atoms with van der Waals surface area (Å²) in [5.41, 5.74) is 2.85. The van der Waals surface area contributed by atoms with Crippen LogP contribution in [0.25, 0.3) is 0 Å². The molecule has 0 saturated heterocycles. The van der Waals surface area contributed by atoms with Crippen molar-refractivity contribution in [3.8, 4) is 11.8 Å². The first-order valence-electron chi connectivity index (χ1n) is 7.18. The van der Waals surface area contributed by atoms with E-state index in [0.29, 0.717) is 17.1 Å². The second-order valence-corrected chi connectivity index (χ2v) is 5.00. The van der Waals surface area contributed by atoms with Crippen molar-refractivity contribution >= 4 is 11.6 Å². The maximum absolute atomic E-state index is 12.2. The van der Waals surface area contributed by atoms with Gasteiger partial charge in [-0.15, -0.1) is 0 Å². The Balaban J connectivity index is 1.77. The Labute approximate surface area is 134 Å². The average molecular weight is 301 g/mol. The summed E-state index contributed by atoms with van der Waals surface area (Å²) in [5.74, 6) is 5.91. The molecular weight excluding hydrogens is 286 g/mol. The number of rotatable bonds is 2. The van der Waals surface area contributed by atoms with E-state index in [1.54, 1.807) is 16.8 Å². The molecule has 0 unspecified atom stereocenters. The summed E-state index contributed by atoms with van der Waals surface area (Å²) in [6, 6.07) is 16.7. The number of amides is 1. The smallest absolute Gasteiger partial charge is 0.272 e. The van der Waals surface area contributed by atoms with Gasteiger partial charge in [-0.05, 0) is 48.4 Å². The second kappa shape index (κ2) is 6.63. The zero-order valence-corrected chi connectivity index (χ0v) is 12.7. The fraction of sp³-hybridized carbons (Fsp3) is 0.0526. The standard InChI is InChI=1S/C19H15N3O/c1-22-13-5-9-18(22)19(23)21-17-8-4-6-15(14-17)10-11-16-7-2-3-12-20-16/h2-9,12-14H,1H3,(H,21,23). The molecule has 0 aliphatic heterocycles. The van der Waals surface area contributed by atoms with Gasteiger partial charge in [-0.25, -0.2) is 4.98 Å². The molecule has 3 aromatic rings. The molecule has 4 heteroatoms. The largest absolute Gasteiger partial charge is 0.347 e. The molecule has 1 amide bonds. The molecule has 0 fully saturated rings. The van der Waals surface area contributed by atoms with Crippen molar-refractivity contribution in [3.63, 3.8) is 0 Å².